The molecule has 0 aromatic rings. The van der Waals surface area contributed by atoms with Crippen LogP contribution in [0.1, 0.15) is 77.0 Å². The summed E-state index contributed by atoms with van der Waals surface area (Å²) in [6.07, 6.45) is -6.81. The van der Waals surface area contributed by atoms with Crippen LogP contribution in [0.3, 0.4) is 0 Å². The van der Waals surface area contributed by atoms with Gasteiger partial charge in [-0.05, 0) is 51.5 Å². The minimum absolute atomic E-state index is 0.0346. The molecule has 0 aromatic heterocycles. The van der Waals surface area contributed by atoms with Gasteiger partial charge in [0.05, 0.1) is 39.3 Å². The largest absolute Gasteiger partial charge is 0.490 e. The first-order valence-corrected chi connectivity index (χ1v) is 24.5. The summed E-state index contributed by atoms with van der Waals surface area (Å²) in [5, 5.41) is 93.0. The molecule has 0 aromatic carbocycles. The Morgan fingerprint density at radius 1 is 0.375 bits per heavy atom. The van der Waals surface area contributed by atoms with Gasteiger partial charge in [0.1, 0.15) is 18.1 Å². The predicted octanol–water partition coefficient (Wildman–Crippen LogP) is -2.64. The quantitative estimate of drug-likeness (QED) is 0.0307. The Morgan fingerprint density at radius 3 is 0.787 bits per heavy atom. The normalized spacial score (nSPS) is 14.9. The maximum Gasteiger partial charge on any atom is 0.490 e. The summed E-state index contributed by atoms with van der Waals surface area (Å²) in [6, 6.07) is -5.27. The van der Waals surface area contributed by atoms with Crippen LogP contribution in [0.15, 0.2) is 0 Å². The molecule has 0 unspecified atom stereocenters. The fourth-order valence-electron chi connectivity index (χ4n) is 8.10. The molecule has 0 radical (unpaired) electrons. The standard InChI is InChI=1S/C43H68N8O22.C2HF3O2/c44-13-3-1-2-6-31(52)45-14-4-15-47(33(54)11-8-29(42(70)71)50(24-37(60)61)25-38(62)63)20-21-48(34(55)12-9-30(43(72)73)51(26-39(64)65)27-40(66)67)17-5-16-46(19-18-45)32(53)10-7-28(41(68)69)49(22-35(56)57)23-36(58)59;3-2(4,5)1(6)7/h28-30H,1-27,44H2,(H,56,57)(H,58,59)(H,60,61)(H,62,63)(H,64,65)(H,66,67)(H,68,69)(H,70,71)(H,72,73);(H,6,7)/t28-,29-,30-;/m0./s1. The first kappa shape index (κ1) is 72.2. The Hall–Kier alpha value is -7.79. The van der Waals surface area contributed by atoms with Gasteiger partial charge in [0.15, 0.2) is 0 Å². The molecule has 35 heteroatoms. The molecule has 1 heterocycles. The number of amides is 4. The Bertz CT molecular complexity index is 2120. The van der Waals surface area contributed by atoms with Crippen LogP contribution in [0, 0.1) is 0 Å². The molecule has 454 valence electrons. The SMILES string of the molecule is NCCCCCC(=O)N1CCCN(C(=O)CC[C@@H](C(=O)O)N(CC(=O)O)CC(=O)O)CCN(C(=O)CC[C@@H](C(=O)O)N(CC(=O)O)CC(=O)O)CCCN(C(=O)CC[C@@H](C(=O)O)N(CC(=O)O)CC(=O)O)CC1.O=C(O)C(F)(F)F. The maximum absolute atomic E-state index is 14.0. The second-order valence-corrected chi connectivity index (χ2v) is 17.9. The number of carbonyl (C=O) groups is 14. The monoisotopic (exact) mass is 1160 g/mol. The molecule has 0 saturated carbocycles. The van der Waals surface area contributed by atoms with Gasteiger partial charge in [-0.1, -0.05) is 6.42 Å². The number of halogens is 3. The minimum atomic E-state index is -5.08. The number of unbranched alkanes of at least 4 members (excludes halogenated alkanes) is 2. The third-order valence-corrected chi connectivity index (χ3v) is 11.8. The Balaban J connectivity index is 0.00000830. The van der Waals surface area contributed by atoms with Gasteiger partial charge in [-0.2, -0.15) is 13.2 Å². The van der Waals surface area contributed by atoms with Gasteiger partial charge in [0.2, 0.25) is 23.6 Å². The van der Waals surface area contributed by atoms with Crippen molar-refractivity contribution in [1.82, 2.24) is 34.3 Å². The van der Waals surface area contributed by atoms with Crippen molar-refractivity contribution in [2.24, 2.45) is 5.73 Å². The molecule has 80 heavy (non-hydrogen) atoms. The van der Waals surface area contributed by atoms with Crippen LogP contribution in [0.5, 0.6) is 0 Å². The maximum atomic E-state index is 14.0. The number of carbonyl (C=O) groups excluding carboxylic acids is 4. The van der Waals surface area contributed by atoms with Crippen LogP contribution in [0.2, 0.25) is 0 Å². The first-order valence-electron chi connectivity index (χ1n) is 24.5. The summed E-state index contributed by atoms with van der Waals surface area (Å²) in [7, 11) is 0. The third kappa shape index (κ3) is 30.4. The van der Waals surface area contributed by atoms with Gasteiger partial charge in [-0.3, -0.25) is 77.0 Å². The topological polar surface area (TPSA) is 490 Å². The van der Waals surface area contributed by atoms with Crippen LogP contribution >= 0.6 is 0 Å². The first-order chi connectivity index (χ1) is 37.2. The molecule has 0 bridgehead atoms. The number of alkyl halides is 3. The van der Waals surface area contributed by atoms with Gasteiger partial charge < -0.3 is 76.4 Å². The molecule has 1 aliphatic heterocycles. The zero-order valence-corrected chi connectivity index (χ0v) is 43.4. The molecule has 1 fully saturated rings. The molecule has 0 aliphatic carbocycles. The van der Waals surface area contributed by atoms with Crippen LogP contribution in [0.4, 0.5) is 13.2 Å². The van der Waals surface area contributed by atoms with Crippen LogP contribution in [-0.2, 0) is 67.1 Å². The fourth-order valence-corrected chi connectivity index (χ4v) is 8.10. The summed E-state index contributed by atoms with van der Waals surface area (Å²) in [5.41, 5.74) is 5.61. The smallest absolute Gasteiger partial charge is 0.480 e. The van der Waals surface area contributed by atoms with E-state index in [0.717, 1.165) is 0 Å². The molecule has 1 rings (SSSR count). The highest BCUT2D eigenvalue weighted by molar-refractivity contribution is 5.83. The van der Waals surface area contributed by atoms with E-state index in [1.807, 2.05) is 0 Å². The average Bonchev–Trinajstić information content (AvgIpc) is 3.31. The summed E-state index contributed by atoms with van der Waals surface area (Å²) in [5.74, 6) is -19.4. The van der Waals surface area contributed by atoms with Crippen molar-refractivity contribution < 1.29 is 131 Å². The van der Waals surface area contributed by atoms with Gasteiger partial charge in [-0.25, -0.2) is 4.79 Å². The Labute approximate surface area is 453 Å². The molecule has 3 atom stereocenters. The summed E-state index contributed by atoms with van der Waals surface area (Å²) < 4.78 is 31.7. The van der Waals surface area contributed by atoms with E-state index in [2.05, 4.69) is 0 Å². The van der Waals surface area contributed by atoms with E-state index in [-0.39, 0.29) is 77.5 Å². The van der Waals surface area contributed by atoms with E-state index < -0.39 is 180 Å². The van der Waals surface area contributed by atoms with Crippen molar-refractivity contribution >= 4 is 83.3 Å². The lowest BCUT2D eigenvalue weighted by Gasteiger charge is -2.33. The zero-order valence-electron chi connectivity index (χ0n) is 43.4. The van der Waals surface area contributed by atoms with E-state index in [9.17, 15) is 121 Å². The number of nitrogens with zero attached hydrogens (tertiary/aromatic N) is 7. The van der Waals surface area contributed by atoms with Crippen LogP contribution in [0.25, 0.3) is 0 Å². The van der Waals surface area contributed by atoms with Crippen molar-refractivity contribution in [3.05, 3.63) is 0 Å². The fraction of sp³-hybridized carbons (Fsp3) is 0.689. The van der Waals surface area contributed by atoms with Crippen molar-refractivity contribution in [3.63, 3.8) is 0 Å². The van der Waals surface area contributed by atoms with Gasteiger partial charge in [0.25, 0.3) is 0 Å². The van der Waals surface area contributed by atoms with Gasteiger partial charge >= 0.3 is 65.9 Å². The zero-order chi connectivity index (χ0) is 61.4. The summed E-state index contributed by atoms with van der Waals surface area (Å²) in [6.45, 7) is -7.12. The second kappa shape index (κ2) is 37.1. The number of rotatable bonds is 32. The number of aliphatic carboxylic acids is 10. The van der Waals surface area contributed by atoms with E-state index >= 15 is 0 Å². The molecule has 1 saturated heterocycles. The number of hydrogen-bond donors (Lipinski definition) is 11. The lowest BCUT2D eigenvalue weighted by Crippen LogP contribution is -2.49. The van der Waals surface area contributed by atoms with E-state index in [4.69, 9.17) is 15.6 Å². The van der Waals surface area contributed by atoms with Gasteiger partial charge in [0, 0.05) is 78.0 Å². The predicted molar refractivity (Wildman–Crippen MR) is 259 cm³/mol. The summed E-state index contributed by atoms with van der Waals surface area (Å²) in [4.78, 5) is 177. The van der Waals surface area contributed by atoms with Crippen molar-refractivity contribution in [3.8, 4) is 0 Å². The van der Waals surface area contributed by atoms with Crippen LogP contribution in [-0.4, -0.2) is 291 Å². The molecular formula is C45H69F3N8O24. The highest BCUT2D eigenvalue weighted by Gasteiger charge is 2.38. The van der Waals surface area contributed by atoms with Gasteiger partial charge in [-0.15, -0.1) is 0 Å². The Morgan fingerprint density at radius 2 is 0.600 bits per heavy atom. The molecular weight excluding hydrogens is 1090 g/mol. The molecule has 4 amide bonds. The molecule has 0 spiro atoms. The lowest BCUT2D eigenvalue weighted by molar-refractivity contribution is -0.192. The molecule has 32 nitrogen and oxygen atoms in total. The van der Waals surface area contributed by atoms with Crippen molar-refractivity contribution in [1.29, 1.82) is 0 Å². The van der Waals surface area contributed by atoms with E-state index in [1.165, 1.54) is 19.6 Å². The summed E-state index contributed by atoms with van der Waals surface area (Å²) >= 11 is 0. The van der Waals surface area contributed by atoms with Crippen molar-refractivity contribution in [2.45, 2.75) is 101 Å². The minimum Gasteiger partial charge on any atom is -0.480 e. The number of hydrogen-bond acceptors (Lipinski definition) is 18. The van der Waals surface area contributed by atoms with E-state index in [1.54, 1.807) is 0 Å². The third-order valence-electron chi connectivity index (χ3n) is 11.8. The highest BCUT2D eigenvalue weighted by Crippen LogP contribution is 2.17. The lowest BCUT2D eigenvalue weighted by atomic mass is 10.1. The number of carboxylic acid groups (broad SMARTS) is 10. The van der Waals surface area contributed by atoms with Crippen molar-refractivity contribution in [2.75, 3.05) is 98.2 Å². The van der Waals surface area contributed by atoms with E-state index in [0.29, 0.717) is 40.5 Å². The average molecular weight is 1160 g/mol. The van der Waals surface area contributed by atoms with Crippen LogP contribution < -0.4 is 5.73 Å². The second-order valence-electron chi connectivity index (χ2n) is 17.9. The molecule has 1 aliphatic rings. The molecule has 12 N–H and O–H groups in total. The number of nitrogens with two attached hydrogens (primary N) is 1. The number of carboxylic acids is 10. The highest BCUT2D eigenvalue weighted by atomic mass is 19.4. The Kier molecular flexibility index (Phi) is 33.5.